The van der Waals surface area contributed by atoms with Gasteiger partial charge in [0.1, 0.15) is 24.0 Å². The SMILES string of the molecule is N=C(/C(=C\[NH2+]CC(F)F)C(=O)N[C@@H]1CNC[C@H](Nc2cc(C(F)(F)F)nc3ccc(Cl)cc23)C1)C(F)(F)F. The standard InChI is InChI=1S/C22H21ClF8N6O/c23-10-1-2-15-13(3-10)16(5-17(37-15)21(26,27)28)35-11-4-12(7-33-6-11)36-20(38)14(8-34-9-18(24)25)19(32)22(29,30)31/h1-3,5,8,11-12,18,32-34H,4,6-7,9H2,(H,35,37)(H,36,38)/p+1/b14-8+,32-19?/t11-,12+/m1/s1. The number of quaternary nitrogens is 1. The zero-order chi connectivity index (χ0) is 28.3. The first kappa shape index (κ1) is 29.5. The lowest BCUT2D eigenvalue weighted by Crippen LogP contribution is -2.80. The van der Waals surface area contributed by atoms with Crippen LogP contribution < -0.4 is 21.3 Å². The van der Waals surface area contributed by atoms with E-state index in [1.54, 1.807) is 0 Å². The van der Waals surface area contributed by atoms with Crippen molar-refractivity contribution in [3.8, 4) is 0 Å². The Hall–Kier alpha value is -3.04. The lowest BCUT2D eigenvalue weighted by molar-refractivity contribution is -0.598. The molecular formula is C22H22ClF8N6O+. The highest BCUT2D eigenvalue weighted by Crippen LogP contribution is 2.34. The Balaban J connectivity index is 1.79. The van der Waals surface area contributed by atoms with Crippen LogP contribution in [0.15, 0.2) is 36.0 Å². The molecule has 7 nitrogen and oxygen atoms in total. The number of hydrogen-bond acceptors (Lipinski definition) is 5. The van der Waals surface area contributed by atoms with Gasteiger partial charge in [-0.05, 0) is 30.7 Å². The predicted molar refractivity (Wildman–Crippen MR) is 123 cm³/mol. The number of aromatic nitrogens is 1. The Bertz CT molecular complexity index is 1220. The van der Waals surface area contributed by atoms with Crippen LogP contribution in [0.25, 0.3) is 10.9 Å². The Morgan fingerprint density at radius 2 is 1.87 bits per heavy atom. The highest BCUT2D eigenvalue weighted by atomic mass is 35.5. The number of amides is 1. The molecule has 1 aromatic heterocycles. The van der Waals surface area contributed by atoms with Crippen molar-refractivity contribution in [3.05, 3.63) is 46.8 Å². The van der Waals surface area contributed by atoms with Gasteiger partial charge in [0.05, 0.1) is 5.52 Å². The number of anilines is 1. The molecule has 0 spiro atoms. The quantitative estimate of drug-likeness (QED) is 0.189. The summed E-state index contributed by atoms with van der Waals surface area (Å²) >= 11 is 6.00. The van der Waals surface area contributed by atoms with Crippen LogP contribution >= 0.6 is 11.6 Å². The number of pyridine rings is 1. The van der Waals surface area contributed by atoms with E-state index in [0.717, 1.165) is 6.07 Å². The van der Waals surface area contributed by atoms with Crippen molar-refractivity contribution < 1.29 is 45.2 Å². The van der Waals surface area contributed by atoms with Crippen molar-refractivity contribution in [3.63, 3.8) is 0 Å². The van der Waals surface area contributed by atoms with E-state index in [1.165, 1.54) is 18.2 Å². The number of rotatable bonds is 8. The summed E-state index contributed by atoms with van der Waals surface area (Å²) in [6.07, 6.45) is -12.2. The monoisotopic (exact) mass is 573 g/mol. The summed E-state index contributed by atoms with van der Waals surface area (Å²) in [5.41, 5.74) is -4.20. The number of piperidine rings is 1. The maximum Gasteiger partial charge on any atom is 0.433 e. The molecule has 1 fully saturated rings. The fraction of sp³-hybridized carbons (Fsp3) is 0.409. The molecule has 3 rings (SSSR count). The maximum absolute atomic E-state index is 13.4. The van der Waals surface area contributed by atoms with Gasteiger partial charge in [-0.15, -0.1) is 0 Å². The Morgan fingerprint density at radius 3 is 2.50 bits per heavy atom. The predicted octanol–water partition coefficient (Wildman–Crippen LogP) is 3.46. The van der Waals surface area contributed by atoms with Crippen LogP contribution in [0.4, 0.5) is 40.8 Å². The summed E-state index contributed by atoms with van der Waals surface area (Å²) in [7, 11) is 0. The van der Waals surface area contributed by atoms with Crippen molar-refractivity contribution in [2.75, 3.05) is 25.0 Å². The van der Waals surface area contributed by atoms with Gasteiger partial charge in [-0.1, -0.05) is 11.6 Å². The van der Waals surface area contributed by atoms with Crippen LogP contribution in [0.1, 0.15) is 12.1 Å². The van der Waals surface area contributed by atoms with Crippen molar-refractivity contribution in [1.29, 1.82) is 5.41 Å². The fourth-order valence-corrected chi connectivity index (χ4v) is 3.99. The number of nitrogens with zero attached hydrogens (tertiary/aromatic N) is 1. The number of hydrogen-bond donors (Lipinski definition) is 5. The summed E-state index contributed by atoms with van der Waals surface area (Å²) in [4.78, 5) is 16.2. The van der Waals surface area contributed by atoms with Gasteiger partial charge in [0.2, 0.25) is 0 Å². The van der Waals surface area contributed by atoms with Crippen LogP contribution in [0.5, 0.6) is 0 Å². The molecule has 1 aromatic carbocycles. The number of carbonyl (C=O) groups is 1. The Labute approximate surface area is 215 Å². The van der Waals surface area contributed by atoms with E-state index in [0.29, 0.717) is 16.9 Å². The van der Waals surface area contributed by atoms with Crippen LogP contribution in [-0.4, -0.2) is 60.9 Å². The topological polar surface area (TPSA) is 107 Å². The van der Waals surface area contributed by atoms with E-state index < -0.39 is 60.3 Å². The molecule has 2 heterocycles. The molecule has 0 saturated carbocycles. The number of nitrogens with one attached hydrogen (secondary N) is 4. The first-order valence-electron chi connectivity index (χ1n) is 11.1. The summed E-state index contributed by atoms with van der Waals surface area (Å²) in [6.45, 7) is -0.571. The van der Waals surface area contributed by atoms with Crippen molar-refractivity contribution in [2.45, 2.75) is 37.3 Å². The van der Waals surface area contributed by atoms with E-state index in [9.17, 15) is 39.9 Å². The molecule has 0 bridgehead atoms. The minimum atomic E-state index is -5.20. The van der Waals surface area contributed by atoms with Crippen LogP contribution in [0.2, 0.25) is 5.02 Å². The summed E-state index contributed by atoms with van der Waals surface area (Å²) in [6, 6.07) is 3.57. The molecule has 1 amide bonds. The second kappa shape index (κ2) is 11.8. The average molecular weight is 574 g/mol. The third kappa shape index (κ3) is 7.74. The molecule has 0 aliphatic carbocycles. The highest BCUT2D eigenvalue weighted by Gasteiger charge is 2.40. The average Bonchev–Trinajstić information content (AvgIpc) is 2.80. The highest BCUT2D eigenvalue weighted by molar-refractivity contribution is 6.31. The second-order valence-corrected chi connectivity index (χ2v) is 8.87. The lowest BCUT2D eigenvalue weighted by Gasteiger charge is -2.32. The smallest absolute Gasteiger partial charge is 0.380 e. The zero-order valence-electron chi connectivity index (χ0n) is 19.3. The molecule has 1 aliphatic rings. The molecule has 38 heavy (non-hydrogen) atoms. The third-order valence-electron chi connectivity index (χ3n) is 5.50. The van der Waals surface area contributed by atoms with E-state index in [1.807, 2.05) is 0 Å². The minimum Gasteiger partial charge on any atom is -0.380 e. The number of halogens is 9. The molecule has 16 heteroatoms. The lowest BCUT2D eigenvalue weighted by atomic mass is 10.0. The van der Waals surface area contributed by atoms with Crippen LogP contribution in [0, 0.1) is 5.41 Å². The zero-order valence-corrected chi connectivity index (χ0v) is 20.0. The van der Waals surface area contributed by atoms with Gasteiger partial charge in [-0.2, -0.15) is 26.3 Å². The molecule has 208 valence electrons. The summed E-state index contributed by atoms with van der Waals surface area (Å²) in [5.74, 6) is -1.30. The molecule has 1 saturated heterocycles. The van der Waals surface area contributed by atoms with Crippen molar-refractivity contribution >= 4 is 39.8 Å². The molecule has 0 radical (unpaired) electrons. The van der Waals surface area contributed by atoms with E-state index in [4.69, 9.17) is 17.0 Å². The van der Waals surface area contributed by atoms with E-state index >= 15 is 0 Å². The van der Waals surface area contributed by atoms with E-state index in [-0.39, 0.29) is 35.7 Å². The van der Waals surface area contributed by atoms with Gasteiger partial charge in [0.15, 0.2) is 5.71 Å². The number of alkyl halides is 8. The van der Waals surface area contributed by atoms with Gasteiger partial charge in [-0.3, -0.25) is 10.2 Å². The summed E-state index contributed by atoms with van der Waals surface area (Å²) in [5, 5.41) is 16.7. The second-order valence-electron chi connectivity index (χ2n) is 8.44. The molecule has 6 N–H and O–H groups in total. The van der Waals surface area contributed by atoms with Gasteiger partial charge < -0.3 is 21.3 Å². The number of nitrogens with two attached hydrogens (primary N) is 1. The first-order chi connectivity index (χ1) is 17.6. The molecule has 1 aliphatic heterocycles. The maximum atomic E-state index is 13.4. The van der Waals surface area contributed by atoms with Crippen molar-refractivity contribution in [1.82, 2.24) is 15.6 Å². The van der Waals surface area contributed by atoms with Gasteiger partial charge >= 0.3 is 12.4 Å². The van der Waals surface area contributed by atoms with Gasteiger partial charge in [0.25, 0.3) is 12.3 Å². The van der Waals surface area contributed by atoms with E-state index in [2.05, 4.69) is 20.9 Å². The fourth-order valence-electron chi connectivity index (χ4n) is 3.82. The molecule has 2 atom stereocenters. The Morgan fingerprint density at radius 1 is 1.18 bits per heavy atom. The van der Waals surface area contributed by atoms with Gasteiger partial charge in [-0.25, -0.2) is 13.8 Å². The molecule has 2 aromatic rings. The largest absolute Gasteiger partial charge is 0.433 e. The number of benzene rings is 1. The Kier molecular flexibility index (Phi) is 9.15. The van der Waals surface area contributed by atoms with Crippen LogP contribution in [0.3, 0.4) is 0 Å². The third-order valence-corrected chi connectivity index (χ3v) is 5.74. The number of fused-ring (bicyclic) bond motifs is 1. The molecular weight excluding hydrogens is 552 g/mol. The number of carbonyl (C=O) groups excluding carboxylic acids is 1. The van der Waals surface area contributed by atoms with Crippen molar-refractivity contribution in [2.24, 2.45) is 0 Å². The first-order valence-corrected chi connectivity index (χ1v) is 11.5. The minimum absolute atomic E-state index is 0.0286. The summed E-state index contributed by atoms with van der Waals surface area (Å²) < 4.78 is 104. The van der Waals surface area contributed by atoms with Crippen LogP contribution in [-0.2, 0) is 11.0 Å². The van der Waals surface area contributed by atoms with Gasteiger partial charge in [0, 0.05) is 41.3 Å². The molecule has 0 unspecified atom stereocenters. The normalized spacial score (nSPS) is 19.1.